The Labute approximate surface area is 167 Å². The molecule has 0 unspecified atom stereocenters. The Bertz CT molecular complexity index is 1230. The number of benzene rings is 2. The summed E-state index contributed by atoms with van der Waals surface area (Å²) in [6.45, 7) is 1.62. The molecule has 0 aliphatic heterocycles. The number of nitrogens with zero attached hydrogens (tertiary/aromatic N) is 3. The molecule has 0 atom stereocenters. The summed E-state index contributed by atoms with van der Waals surface area (Å²) in [5.74, 6) is -2.75. The first-order chi connectivity index (χ1) is 13.9. The van der Waals surface area contributed by atoms with Crippen molar-refractivity contribution in [2.75, 3.05) is 0 Å². The minimum Gasteiger partial charge on any atom is -0.477 e. The molecule has 6 nitrogen and oxygen atoms in total. The summed E-state index contributed by atoms with van der Waals surface area (Å²) < 4.78 is 35.0. The normalized spacial score (nSPS) is 11.0. The largest absolute Gasteiger partial charge is 0.477 e. The quantitative estimate of drug-likeness (QED) is 0.499. The topological polar surface area (TPSA) is 81.2 Å². The van der Waals surface area contributed by atoms with Gasteiger partial charge in [0.05, 0.1) is 28.0 Å². The van der Waals surface area contributed by atoms with E-state index < -0.39 is 17.6 Å². The Kier molecular flexibility index (Phi) is 4.63. The highest BCUT2D eigenvalue weighted by molar-refractivity contribution is 6.33. The average Bonchev–Trinajstić information content (AvgIpc) is 3.26. The molecule has 146 valence electrons. The lowest BCUT2D eigenvalue weighted by Gasteiger charge is -2.06. The molecule has 1 N–H and O–H groups in total. The highest BCUT2D eigenvalue weighted by Crippen LogP contribution is 2.38. The number of carboxylic acid groups (broad SMARTS) is 1. The van der Waals surface area contributed by atoms with Crippen LogP contribution in [-0.2, 0) is 0 Å². The third-order valence-electron chi connectivity index (χ3n) is 4.44. The molecule has 2 heterocycles. The predicted octanol–water partition coefficient (Wildman–Crippen LogP) is 5.13. The molecule has 4 rings (SSSR count). The molecule has 4 aromatic rings. The summed E-state index contributed by atoms with van der Waals surface area (Å²) in [6.07, 6.45) is 1.33. The maximum absolute atomic E-state index is 14.3. The molecule has 0 amide bonds. The number of hydrogen-bond acceptors (Lipinski definition) is 4. The summed E-state index contributed by atoms with van der Waals surface area (Å²) in [5.41, 5.74) is 0.0874. The monoisotopic (exact) mass is 415 g/mol. The molecular formula is C20H12ClF2N3O3. The summed E-state index contributed by atoms with van der Waals surface area (Å²) in [5, 5.41) is 17.6. The van der Waals surface area contributed by atoms with Crippen LogP contribution in [0.5, 0.6) is 0 Å². The van der Waals surface area contributed by atoms with E-state index in [2.05, 4.69) is 10.3 Å². The molecule has 0 spiro atoms. The second-order valence-corrected chi connectivity index (χ2v) is 6.55. The zero-order valence-corrected chi connectivity index (χ0v) is 15.6. The summed E-state index contributed by atoms with van der Waals surface area (Å²) in [7, 11) is 0. The van der Waals surface area contributed by atoms with Gasteiger partial charge < -0.3 is 9.63 Å². The van der Waals surface area contributed by atoms with Crippen molar-refractivity contribution in [1.29, 1.82) is 0 Å². The standard InChI is InChI=1S/C20H12ClF2N3O3/c1-10-11(9-24-26(10)15-8-3-2-6-13(15)22)19-17(20(27)28)18(25-29-19)16-12(21)5-4-7-14(16)23/h2-9H,1H3,(H,27,28). The van der Waals surface area contributed by atoms with E-state index in [1.165, 1.54) is 35.1 Å². The van der Waals surface area contributed by atoms with Gasteiger partial charge in [0.1, 0.15) is 28.6 Å². The summed E-state index contributed by atoms with van der Waals surface area (Å²) in [6, 6.07) is 9.96. The van der Waals surface area contributed by atoms with Gasteiger partial charge in [-0.1, -0.05) is 35.0 Å². The van der Waals surface area contributed by atoms with Gasteiger partial charge in [-0.3, -0.25) is 0 Å². The van der Waals surface area contributed by atoms with Crippen molar-refractivity contribution in [3.8, 4) is 28.3 Å². The third kappa shape index (κ3) is 3.07. The molecule has 0 saturated carbocycles. The van der Waals surface area contributed by atoms with Crippen LogP contribution in [0, 0.1) is 18.6 Å². The Morgan fingerprint density at radius 2 is 1.86 bits per heavy atom. The number of hydrogen-bond donors (Lipinski definition) is 1. The van der Waals surface area contributed by atoms with Crippen molar-refractivity contribution in [1.82, 2.24) is 14.9 Å². The lowest BCUT2D eigenvalue weighted by atomic mass is 10.0. The van der Waals surface area contributed by atoms with Gasteiger partial charge in [-0.2, -0.15) is 5.10 Å². The molecular weight excluding hydrogens is 404 g/mol. The molecule has 0 aliphatic rings. The lowest BCUT2D eigenvalue weighted by molar-refractivity contribution is 0.0698. The number of para-hydroxylation sites is 1. The molecule has 0 saturated heterocycles. The van der Waals surface area contributed by atoms with Gasteiger partial charge in [-0.25, -0.2) is 18.3 Å². The maximum atomic E-state index is 14.3. The molecule has 0 fully saturated rings. The lowest BCUT2D eigenvalue weighted by Crippen LogP contribution is -2.03. The molecule has 9 heteroatoms. The highest BCUT2D eigenvalue weighted by Gasteiger charge is 2.30. The molecule has 0 bridgehead atoms. The van der Waals surface area contributed by atoms with E-state index in [-0.39, 0.29) is 38.9 Å². The minimum atomic E-state index is -1.38. The second kappa shape index (κ2) is 7.14. The van der Waals surface area contributed by atoms with E-state index >= 15 is 0 Å². The molecule has 2 aromatic heterocycles. The SMILES string of the molecule is Cc1c(-c2onc(-c3c(F)cccc3Cl)c2C(=O)O)cnn1-c1ccccc1F. The van der Waals surface area contributed by atoms with E-state index in [1.54, 1.807) is 19.1 Å². The third-order valence-corrected chi connectivity index (χ3v) is 4.76. The fourth-order valence-corrected chi connectivity index (χ4v) is 3.32. The number of aromatic carboxylic acids is 1. The van der Waals surface area contributed by atoms with Crippen molar-refractivity contribution >= 4 is 17.6 Å². The fourth-order valence-electron chi connectivity index (χ4n) is 3.07. The van der Waals surface area contributed by atoms with Crippen LogP contribution in [0.25, 0.3) is 28.3 Å². The summed E-state index contributed by atoms with van der Waals surface area (Å²) >= 11 is 6.06. The van der Waals surface area contributed by atoms with Crippen LogP contribution in [0.3, 0.4) is 0 Å². The van der Waals surface area contributed by atoms with Crippen molar-refractivity contribution in [3.63, 3.8) is 0 Å². The van der Waals surface area contributed by atoms with Gasteiger partial charge in [0.15, 0.2) is 5.76 Å². The van der Waals surface area contributed by atoms with Crippen LogP contribution in [-0.4, -0.2) is 26.0 Å². The van der Waals surface area contributed by atoms with Crippen LogP contribution in [0.2, 0.25) is 5.02 Å². The molecule has 29 heavy (non-hydrogen) atoms. The number of aromatic nitrogens is 3. The average molecular weight is 416 g/mol. The first-order valence-electron chi connectivity index (χ1n) is 8.37. The van der Waals surface area contributed by atoms with E-state index in [9.17, 15) is 18.7 Å². The van der Waals surface area contributed by atoms with E-state index in [0.29, 0.717) is 5.69 Å². The highest BCUT2D eigenvalue weighted by atomic mass is 35.5. The van der Waals surface area contributed by atoms with Crippen LogP contribution in [0.4, 0.5) is 8.78 Å². The second-order valence-electron chi connectivity index (χ2n) is 6.14. The van der Waals surface area contributed by atoms with Crippen LogP contribution >= 0.6 is 11.6 Å². The Morgan fingerprint density at radius 1 is 1.14 bits per heavy atom. The Hall–Kier alpha value is -3.52. The first-order valence-corrected chi connectivity index (χ1v) is 8.75. The van der Waals surface area contributed by atoms with Crippen LogP contribution < -0.4 is 0 Å². The van der Waals surface area contributed by atoms with Gasteiger partial charge in [0.2, 0.25) is 0 Å². The minimum absolute atomic E-state index is 0.00822. The van der Waals surface area contributed by atoms with Gasteiger partial charge in [0, 0.05) is 0 Å². The zero-order chi connectivity index (χ0) is 20.7. The van der Waals surface area contributed by atoms with Gasteiger partial charge in [0.25, 0.3) is 0 Å². The maximum Gasteiger partial charge on any atom is 0.342 e. The smallest absolute Gasteiger partial charge is 0.342 e. The van der Waals surface area contributed by atoms with E-state index in [4.69, 9.17) is 16.1 Å². The number of carboxylic acids is 1. The fraction of sp³-hybridized carbons (Fsp3) is 0.0500. The van der Waals surface area contributed by atoms with Crippen molar-refractivity contribution in [3.05, 3.63) is 76.6 Å². The molecule has 0 radical (unpaired) electrons. The van der Waals surface area contributed by atoms with Gasteiger partial charge in [-0.15, -0.1) is 0 Å². The first kappa shape index (κ1) is 18.8. The van der Waals surface area contributed by atoms with Crippen molar-refractivity contribution in [2.24, 2.45) is 0 Å². The number of rotatable bonds is 4. The Balaban J connectivity index is 1.91. The van der Waals surface area contributed by atoms with E-state index in [0.717, 1.165) is 6.07 Å². The van der Waals surface area contributed by atoms with E-state index in [1.807, 2.05) is 0 Å². The molecule has 2 aromatic carbocycles. The number of carbonyl (C=O) groups is 1. The van der Waals surface area contributed by atoms with Gasteiger partial charge in [-0.05, 0) is 31.2 Å². The predicted molar refractivity (Wildman–Crippen MR) is 101 cm³/mol. The van der Waals surface area contributed by atoms with Crippen molar-refractivity contribution < 1.29 is 23.2 Å². The van der Waals surface area contributed by atoms with Gasteiger partial charge >= 0.3 is 5.97 Å². The molecule has 0 aliphatic carbocycles. The van der Waals surface area contributed by atoms with Crippen LogP contribution in [0.1, 0.15) is 16.1 Å². The van der Waals surface area contributed by atoms with Crippen molar-refractivity contribution in [2.45, 2.75) is 6.92 Å². The number of halogens is 3. The summed E-state index contributed by atoms with van der Waals surface area (Å²) in [4.78, 5) is 12.0. The Morgan fingerprint density at radius 3 is 2.55 bits per heavy atom. The zero-order valence-electron chi connectivity index (χ0n) is 14.9. The van der Waals surface area contributed by atoms with Crippen LogP contribution in [0.15, 0.2) is 53.2 Å².